The number of esters is 1. The highest BCUT2D eigenvalue weighted by atomic mass is 79.9. The van der Waals surface area contributed by atoms with E-state index in [0.717, 1.165) is 24.1 Å². The van der Waals surface area contributed by atoms with Gasteiger partial charge in [-0.25, -0.2) is 9.48 Å². The van der Waals surface area contributed by atoms with E-state index in [1.807, 2.05) is 24.5 Å². The Kier molecular flexibility index (Phi) is 6.31. The molecule has 0 N–H and O–H groups in total. The number of pyridine rings is 1. The number of hydrogen-bond acceptors (Lipinski definition) is 6. The maximum absolute atomic E-state index is 13.6. The summed E-state index contributed by atoms with van der Waals surface area (Å²) in [6.45, 7) is 9.90. The molecular weight excluding hydrogens is 508 g/mol. The summed E-state index contributed by atoms with van der Waals surface area (Å²) in [6, 6.07) is 4.35. The molecule has 0 unspecified atom stereocenters. The molecule has 2 aromatic heterocycles. The van der Waals surface area contributed by atoms with E-state index >= 15 is 0 Å². The predicted octanol–water partition coefficient (Wildman–Crippen LogP) is 4.92. The number of carbonyl (C=O) groups is 1. The van der Waals surface area contributed by atoms with E-state index in [2.05, 4.69) is 51.7 Å². The standard InChI is InChI=1S/C27H35BrN4O3/c1-5-35-25(34)27(9-6-10-27)32-24(33)23(28)22(15-30-32)31(16-18-7-11-29-12-8-18)21-14-19-13-20(17(21)2)26(19,3)4/h7-8,11-12,15,17,19-21H,5-6,9-10,13-14,16H2,1-4H3/t17-,19+,20-,21-/m1/s1. The van der Waals surface area contributed by atoms with Crippen LogP contribution in [-0.4, -0.2) is 33.4 Å². The van der Waals surface area contributed by atoms with Gasteiger partial charge in [-0.05, 0) is 95.8 Å². The Morgan fingerprint density at radius 1 is 1.26 bits per heavy atom. The predicted molar refractivity (Wildman–Crippen MR) is 138 cm³/mol. The highest BCUT2D eigenvalue weighted by Gasteiger charge is 2.57. The first-order valence-electron chi connectivity index (χ1n) is 12.8. The number of rotatable bonds is 7. The number of nitrogens with zero attached hydrogens (tertiary/aromatic N) is 4. The van der Waals surface area contributed by atoms with Crippen LogP contribution in [0.3, 0.4) is 0 Å². The fourth-order valence-corrected chi connectivity index (χ4v) is 7.31. The number of hydrogen-bond donors (Lipinski definition) is 0. The van der Waals surface area contributed by atoms with E-state index < -0.39 is 5.54 Å². The summed E-state index contributed by atoms with van der Waals surface area (Å²) in [6.07, 6.45) is 9.79. The molecule has 7 nitrogen and oxygen atoms in total. The van der Waals surface area contributed by atoms with E-state index in [9.17, 15) is 9.59 Å². The molecule has 4 aliphatic rings. The van der Waals surface area contributed by atoms with Crippen LogP contribution in [-0.2, 0) is 21.6 Å². The summed E-state index contributed by atoms with van der Waals surface area (Å²) in [5.74, 6) is 1.48. The Morgan fingerprint density at radius 3 is 2.54 bits per heavy atom. The molecule has 4 saturated carbocycles. The van der Waals surface area contributed by atoms with Gasteiger partial charge in [0, 0.05) is 25.0 Å². The van der Waals surface area contributed by atoms with Gasteiger partial charge in [0.2, 0.25) is 0 Å². The number of ether oxygens (including phenoxy) is 1. The molecule has 6 rings (SSSR count). The molecule has 35 heavy (non-hydrogen) atoms. The molecule has 2 aromatic rings. The van der Waals surface area contributed by atoms with Gasteiger partial charge in [0.1, 0.15) is 4.47 Å². The minimum atomic E-state index is -0.992. The molecular formula is C27H35BrN4O3. The average Bonchev–Trinajstić information content (AvgIpc) is 2.80. The third-order valence-electron chi connectivity index (χ3n) is 9.27. The number of halogens is 1. The zero-order valence-corrected chi connectivity index (χ0v) is 22.6. The molecule has 0 aromatic carbocycles. The second-order valence-corrected chi connectivity index (χ2v) is 12.0. The van der Waals surface area contributed by atoms with Crippen molar-refractivity contribution >= 4 is 27.6 Å². The van der Waals surface area contributed by atoms with E-state index in [0.29, 0.717) is 53.1 Å². The van der Waals surface area contributed by atoms with Crippen LogP contribution in [0.15, 0.2) is 40.0 Å². The lowest BCUT2D eigenvalue weighted by molar-refractivity contribution is -0.160. The topological polar surface area (TPSA) is 77.3 Å². The van der Waals surface area contributed by atoms with Gasteiger partial charge in [0.25, 0.3) is 5.56 Å². The molecule has 0 radical (unpaired) electrons. The summed E-state index contributed by atoms with van der Waals surface area (Å²) in [5, 5.41) is 4.60. The average molecular weight is 544 g/mol. The molecule has 0 spiro atoms. The zero-order chi connectivity index (χ0) is 25.0. The Hall–Kier alpha value is -2.22. The van der Waals surface area contributed by atoms with Gasteiger partial charge in [0.15, 0.2) is 5.54 Å². The number of fused-ring (bicyclic) bond motifs is 2. The Labute approximate surface area is 215 Å². The van der Waals surface area contributed by atoms with Gasteiger partial charge in [-0.15, -0.1) is 0 Å². The van der Waals surface area contributed by atoms with Crippen LogP contribution in [0.5, 0.6) is 0 Å². The highest BCUT2D eigenvalue weighted by Crippen LogP contribution is 2.62. The quantitative estimate of drug-likeness (QED) is 0.462. The zero-order valence-electron chi connectivity index (χ0n) is 21.0. The second-order valence-electron chi connectivity index (χ2n) is 11.2. The summed E-state index contributed by atoms with van der Waals surface area (Å²) in [7, 11) is 0. The Morgan fingerprint density at radius 2 is 1.97 bits per heavy atom. The molecule has 0 aliphatic heterocycles. The summed E-state index contributed by atoms with van der Waals surface area (Å²) in [5.41, 5.74) is 1.03. The van der Waals surface area contributed by atoms with Gasteiger partial charge in [-0.2, -0.15) is 5.10 Å². The Bertz CT molecular complexity index is 1160. The van der Waals surface area contributed by atoms with Crippen LogP contribution in [0.2, 0.25) is 0 Å². The molecule has 4 fully saturated rings. The second kappa shape index (κ2) is 9.02. The monoisotopic (exact) mass is 542 g/mol. The maximum Gasteiger partial charge on any atom is 0.334 e. The lowest BCUT2D eigenvalue weighted by atomic mass is 9.44. The van der Waals surface area contributed by atoms with Crippen molar-refractivity contribution in [2.24, 2.45) is 23.2 Å². The van der Waals surface area contributed by atoms with Crippen LogP contribution in [0, 0.1) is 23.2 Å². The fourth-order valence-electron chi connectivity index (χ4n) is 6.81. The summed E-state index contributed by atoms with van der Waals surface area (Å²) >= 11 is 3.63. The van der Waals surface area contributed by atoms with Crippen molar-refractivity contribution in [2.75, 3.05) is 11.5 Å². The van der Waals surface area contributed by atoms with Crippen molar-refractivity contribution in [1.82, 2.24) is 14.8 Å². The first kappa shape index (κ1) is 24.5. The summed E-state index contributed by atoms with van der Waals surface area (Å²) in [4.78, 5) is 33.0. The minimum Gasteiger partial charge on any atom is -0.464 e. The van der Waals surface area contributed by atoms with Crippen molar-refractivity contribution in [3.05, 3.63) is 51.1 Å². The maximum atomic E-state index is 13.6. The van der Waals surface area contributed by atoms with Crippen LogP contribution in [0.1, 0.15) is 65.4 Å². The molecule has 2 heterocycles. The smallest absolute Gasteiger partial charge is 0.334 e. The summed E-state index contributed by atoms with van der Waals surface area (Å²) < 4.78 is 7.15. The Balaban J connectivity index is 1.54. The van der Waals surface area contributed by atoms with Crippen molar-refractivity contribution in [2.45, 2.75) is 77.9 Å². The minimum absolute atomic E-state index is 0.274. The van der Waals surface area contributed by atoms with E-state index in [-0.39, 0.29) is 18.1 Å². The third kappa shape index (κ3) is 3.83. The van der Waals surface area contributed by atoms with Gasteiger partial charge in [-0.1, -0.05) is 20.8 Å². The van der Waals surface area contributed by atoms with Crippen molar-refractivity contribution in [3.8, 4) is 0 Å². The van der Waals surface area contributed by atoms with Gasteiger partial charge in [0.05, 0.1) is 18.5 Å². The molecule has 4 aliphatic carbocycles. The largest absolute Gasteiger partial charge is 0.464 e. The van der Waals surface area contributed by atoms with E-state index in [1.165, 1.54) is 11.1 Å². The van der Waals surface area contributed by atoms with Crippen molar-refractivity contribution < 1.29 is 9.53 Å². The van der Waals surface area contributed by atoms with E-state index in [4.69, 9.17) is 4.74 Å². The fraction of sp³-hybridized carbons (Fsp3) is 0.630. The molecule has 0 saturated heterocycles. The molecule has 188 valence electrons. The third-order valence-corrected chi connectivity index (χ3v) is 10.0. The highest BCUT2D eigenvalue weighted by molar-refractivity contribution is 9.10. The number of anilines is 1. The molecule has 2 bridgehead atoms. The van der Waals surface area contributed by atoms with Gasteiger partial charge in [-0.3, -0.25) is 9.78 Å². The number of aromatic nitrogens is 3. The van der Waals surface area contributed by atoms with Crippen molar-refractivity contribution in [3.63, 3.8) is 0 Å². The van der Waals surface area contributed by atoms with Crippen LogP contribution >= 0.6 is 15.9 Å². The molecule has 0 amide bonds. The van der Waals surface area contributed by atoms with Gasteiger partial charge >= 0.3 is 5.97 Å². The lowest BCUT2D eigenvalue weighted by Gasteiger charge is -2.63. The molecule has 4 atom stereocenters. The van der Waals surface area contributed by atoms with Crippen LogP contribution in [0.25, 0.3) is 0 Å². The number of carbonyl (C=O) groups excluding carboxylic acids is 1. The SMILES string of the molecule is CCOC(=O)C1(n2ncc(N(Cc3ccncc3)[C@@H]3C[C@@H]4C[C@H]([C@H]3C)C4(C)C)c(Br)c2=O)CCC1. The normalized spacial score (nSPS) is 27.9. The van der Waals surface area contributed by atoms with E-state index in [1.54, 1.807) is 13.1 Å². The van der Waals surface area contributed by atoms with Crippen LogP contribution < -0.4 is 10.5 Å². The van der Waals surface area contributed by atoms with Crippen LogP contribution in [0.4, 0.5) is 5.69 Å². The first-order chi connectivity index (χ1) is 16.7. The lowest BCUT2D eigenvalue weighted by Crippen LogP contribution is -2.61. The molecule has 8 heteroatoms. The van der Waals surface area contributed by atoms with Crippen molar-refractivity contribution in [1.29, 1.82) is 0 Å². The first-order valence-corrected chi connectivity index (χ1v) is 13.6. The van der Waals surface area contributed by atoms with Gasteiger partial charge < -0.3 is 9.64 Å².